The molecule has 2 aromatic carbocycles. The first-order valence-electron chi connectivity index (χ1n) is 9.83. The number of aliphatic imine (C=N–C) groups is 1. The predicted molar refractivity (Wildman–Crippen MR) is 116 cm³/mol. The molecule has 9 heteroatoms. The van der Waals surface area contributed by atoms with Crippen LogP contribution in [0.4, 0.5) is 10.1 Å². The maximum Gasteiger partial charge on any atom is 0.272 e. The Morgan fingerprint density at radius 2 is 1.81 bits per heavy atom. The van der Waals surface area contributed by atoms with Crippen LogP contribution < -0.4 is 10.2 Å². The molecule has 158 valence electrons. The van der Waals surface area contributed by atoms with Gasteiger partial charge in [0.15, 0.2) is 0 Å². The minimum Gasteiger partial charge on any atom is -0.322 e. The number of likely N-dealkylation sites (N-methyl/N-ethyl adjacent to an activating group) is 1. The van der Waals surface area contributed by atoms with Gasteiger partial charge in [-0.15, -0.1) is 5.10 Å². The highest BCUT2D eigenvalue weighted by Crippen LogP contribution is 2.28. The van der Waals surface area contributed by atoms with Crippen molar-refractivity contribution in [3.8, 4) is 0 Å². The fourth-order valence-corrected chi connectivity index (χ4v) is 3.66. The van der Waals surface area contributed by atoms with Crippen LogP contribution in [-0.4, -0.2) is 45.6 Å². The summed E-state index contributed by atoms with van der Waals surface area (Å²) in [5, 5.41) is 10.3. The average molecular weight is 428 g/mol. The van der Waals surface area contributed by atoms with Crippen LogP contribution in [0.3, 0.4) is 0 Å². The highest BCUT2D eigenvalue weighted by atomic mass is 19.1. The molecule has 1 unspecified atom stereocenters. The van der Waals surface area contributed by atoms with Crippen molar-refractivity contribution in [1.82, 2.24) is 20.1 Å². The Kier molecular flexibility index (Phi) is 4.70. The number of hydrogen-bond acceptors (Lipinski definition) is 5. The molecule has 1 aliphatic heterocycles. The molecule has 1 N–H and O–H groups in total. The SMILES string of the molecule is CN1C(=O)C(NC(=O)c2ccn3nncc3c2)N=C(c2ccccc2F)c2ccccc21. The largest absolute Gasteiger partial charge is 0.322 e. The van der Waals surface area contributed by atoms with E-state index in [-0.39, 0.29) is 11.3 Å². The summed E-state index contributed by atoms with van der Waals surface area (Å²) >= 11 is 0. The van der Waals surface area contributed by atoms with Gasteiger partial charge in [0.2, 0.25) is 6.17 Å². The quantitative estimate of drug-likeness (QED) is 0.543. The first-order chi connectivity index (χ1) is 15.5. The monoisotopic (exact) mass is 428 g/mol. The van der Waals surface area contributed by atoms with Crippen LogP contribution in [0.25, 0.3) is 5.52 Å². The van der Waals surface area contributed by atoms with Gasteiger partial charge in [0.05, 0.1) is 23.1 Å². The Morgan fingerprint density at radius 3 is 2.62 bits per heavy atom. The molecule has 0 fully saturated rings. The molecule has 2 amide bonds. The minimum absolute atomic E-state index is 0.244. The van der Waals surface area contributed by atoms with Gasteiger partial charge >= 0.3 is 0 Å². The second-order valence-electron chi connectivity index (χ2n) is 7.27. The number of carbonyl (C=O) groups excluding carboxylic acids is 2. The Hall–Kier alpha value is -4.40. The van der Waals surface area contributed by atoms with Gasteiger partial charge in [-0.25, -0.2) is 13.9 Å². The van der Waals surface area contributed by atoms with E-state index in [1.807, 2.05) is 0 Å². The molecule has 1 atom stereocenters. The summed E-state index contributed by atoms with van der Waals surface area (Å²) in [6.45, 7) is 0. The van der Waals surface area contributed by atoms with Crippen molar-refractivity contribution in [3.63, 3.8) is 0 Å². The molecule has 2 aromatic heterocycles. The van der Waals surface area contributed by atoms with E-state index in [4.69, 9.17) is 0 Å². The predicted octanol–water partition coefficient (Wildman–Crippen LogP) is 2.44. The van der Waals surface area contributed by atoms with Crippen molar-refractivity contribution in [2.75, 3.05) is 11.9 Å². The van der Waals surface area contributed by atoms with Crippen molar-refractivity contribution >= 4 is 28.7 Å². The topological polar surface area (TPSA) is 92.0 Å². The van der Waals surface area contributed by atoms with Gasteiger partial charge in [0.1, 0.15) is 5.82 Å². The van der Waals surface area contributed by atoms with E-state index in [1.165, 1.54) is 21.7 Å². The normalized spacial score (nSPS) is 15.8. The number of carbonyl (C=O) groups is 2. The number of aromatic nitrogens is 3. The Morgan fingerprint density at radius 1 is 1.06 bits per heavy atom. The Bertz CT molecular complexity index is 1400. The highest BCUT2D eigenvalue weighted by molar-refractivity contribution is 6.20. The second-order valence-corrected chi connectivity index (χ2v) is 7.27. The molecule has 0 spiro atoms. The molecular formula is C23H17FN6O2. The Labute approximate surface area is 182 Å². The zero-order valence-corrected chi connectivity index (χ0v) is 16.9. The molecular weight excluding hydrogens is 411 g/mol. The van der Waals surface area contributed by atoms with Crippen molar-refractivity contribution in [3.05, 3.63) is 95.6 Å². The van der Waals surface area contributed by atoms with Gasteiger partial charge in [-0.05, 0) is 30.3 Å². The lowest BCUT2D eigenvalue weighted by molar-refractivity contribution is -0.119. The number of halogens is 1. The summed E-state index contributed by atoms with van der Waals surface area (Å²) in [6, 6.07) is 16.5. The van der Waals surface area contributed by atoms with Crippen LogP contribution in [0, 0.1) is 5.82 Å². The minimum atomic E-state index is -1.24. The number of para-hydroxylation sites is 1. The molecule has 0 bridgehead atoms. The van der Waals surface area contributed by atoms with E-state index in [2.05, 4.69) is 20.6 Å². The number of hydrogen-bond donors (Lipinski definition) is 1. The maximum absolute atomic E-state index is 14.7. The van der Waals surface area contributed by atoms with E-state index >= 15 is 0 Å². The van der Waals surface area contributed by atoms with E-state index < -0.39 is 23.8 Å². The van der Waals surface area contributed by atoms with Crippen LogP contribution in [-0.2, 0) is 4.79 Å². The first-order valence-corrected chi connectivity index (χ1v) is 9.83. The van der Waals surface area contributed by atoms with Crippen LogP contribution in [0.2, 0.25) is 0 Å². The smallest absolute Gasteiger partial charge is 0.272 e. The fraction of sp³-hybridized carbons (Fsp3) is 0.0870. The van der Waals surface area contributed by atoms with E-state index in [0.717, 1.165) is 0 Å². The van der Waals surface area contributed by atoms with Gasteiger partial charge in [0.25, 0.3) is 11.8 Å². The molecule has 0 radical (unpaired) electrons. The lowest BCUT2D eigenvalue weighted by atomic mass is 10.00. The van der Waals surface area contributed by atoms with Crippen molar-refractivity contribution < 1.29 is 14.0 Å². The van der Waals surface area contributed by atoms with Crippen LogP contribution in [0.5, 0.6) is 0 Å². The number of nitrogens with one attached hydrogen (secondary N) is 1. The van der Waals surface area contributed by atoms with Gasteiger partial charge in [0, 0.05) is 29.9 Å². The lowest BCUT2D eigenvalue weighted by Crippen LogP contribution is -2.46. The number of benzene rings is 2. The molecule has 0 saturated carbocycles. The van der Waals surface area contributed by atoms with Gasteiger partial charge in [-0.1, -0.05) is 35.5 Å². The number of fused-ring (bicyclic) bond motifs is 2. The molecule has 0 aliphatic carbocycles. The third kappa shape index (κ3) is 3.29. The zero-order valence-electron chi connectivity index (χ0n) is 16.9. The number of benzodiazepines with no additional fused rings is 1. The first kappa shape index (κ1) is 19.6. The molecule has 1 aliphatic rings. The molecule has 0 saturated heterocycles. The standard InChI is InChI=1S/C23H17FN6O2/c1-29-19-9-5-3-7-17(19)20(16-6-2-4-8-18(16)24)26-21(23(29)32)27-22(31)14-10-11-30-15(12-14)13-25-28-30/h2-13,21H,1H3,(H,27,31). The zero-order chi connectivity index (χ0) is 22.2. The number of nitrogens with zero attached hydrogens (tertiary/aromatic N) is 5. The third-order valence-electron chi connectivity index (χ3n) is 5.30. The van der Waals surface area contributed by atoms with E-state index in [9.17, 15) is 14.0 Å². The number of rotatable bonds is 3. The summed E-state index contributed by atoms with van der Waals surface area (Å²) < 4.78 is 16.2. The average Bonchev–Trinajstić information content (AvgIpc) is 3.26. The summed E-state index contributed by atoms with van der Waals surface area (Å²) in [4.78, 5) is 32.1. The van der Waals surface area contributed by atoms with Gasteiger partial charge in [-0.3, -0.25) is 9.59 Å². The third-order valence-corrected chi connectivity index (χ3v) is 5.30. The lowest BCUT2D eigenvalue weighted by Gasteiger charge is -2.20. The van der Waals surface area contributed by atoms with E-state index in [1.54, 1.807) is 67.8 Å². The number of anilines is 1. The van der Waals surface area contributed by atoms with E-state index in [0.29, 0.717) is 22.3 Å². The summed E-state index contributed by atoms with van der Waals surface area (Å²) in [5.41, 5.74) is 2.65. The van der Waals surface area contributed by atoms with Gasteiger partial charge < -0.3 is 10.2 Å². The van der Waals surface area contributed by atoms with Crippen molar-refractivity contribution in [2.24, 2.45) is 4.99 Å². The summed E-state index contributed by atoms with van der Waals surface area (Å²) in [6.07, 6.45) is 1.88. The second kappa shape index (κ2) is 7.69. The molecule has 8 nitrogen and oxygen atoms in total. The molecule has 3 heterocycles. The number of pyridine rings is 1. The molecule has 4 aromatic rings. The van der Waals surface area contributed by atoms with Crippen molar-refractivity contribution in [1.29, 1.82) is 0 Å². The van der Waals surface area contributed by atoms with Crippen molar-refractivity contribution in [2.45, 2.75) is 6.17 Å². The Balaban J connectivity index is 1.58. The number of amides is 2. The van der Waals surface area contributed by atoms with Gasteiger partial charge in [-0.2, -0.15) is 0 Å². The highest BCUT2D eigenvalue weighted by Gasteiger charge is 2.31. The van der Waals surface area contributed by atoms with Crippen LogP contribution >= 0.6 is 0 Å². The van der Waals surface area contributed by atoms with Crippen LogP contribution in [0.1, 0.15) is 21.5 Å². The maximum atomic E-state index is 14.7. The summed E-state index contributed by atoms with van der Waals surface area (Å²) in [5.74, 6) is -1.41. The molecule has 32 heavy (non-hydrogen) atoms. The van der Waals surface area contributed by atoms with Crippen LogP contribution in [0.15, 0.2) is 78.0 Å². The fourth-order valence-electron chi connectivity index (χ4n) is 3.66. The molecule has 5 rings (SSSR count). The summed E-state index contributed by atoms with van der Waals surface area (Å²) in [7, 11) is 1.60.